The Kier molecular flexibility index (Phi) is 19.6. The number of rotatable bonds is 4. The molecular weight excluding hydrogens is 677 g/mol. The molecule has 8 heteroatoms. The van der Waals surface area contributed by atoms with E-state index in [1.165, 1.54) is 61.1 Å². The Morgan fingerprint density at radius 2 is 1.23 bits per heavy atom. The number of fused-ring (bicyclic) bond motifs is 1. The van der Waals surface area contributed by atoms with E-state index in [4.69, 9.17) is 34.6 Å². The minimum atomic E-state index is 0. The largest absolute Gasteiger partial charge is 0.323 e. The van der Waals surface area contributed by atoms with E-state index >= 15 is 0 Å². The fraction of sp³-hybridized carbons (Fsp3) is 0.273. The van der Waals surface area contributed by atoms with Gasteiger partial charge in [-0.25, -0.2) is 4.98 Å². The summed E-state index contributed by atoms with van der Waals surface area (Å²) in [6.07, 6.45) is 22.5. The lowest BCUT2D eigenvalue weighted by atomic mass is 9.66. The highest BCUT2D eigenvalue weighted by atomic mass is 32.2. The molecule has 0 unspecified atom stereocenters. The highest BCUT2D eigenvalue weighted by Gasteiger charge is 2.46. The first-order valence-corrected chi connectivity index (χ1v) is 16.8. The van der Waals surface area contributed by atoms with Crippen molar-refractivity contribution in [2.75, 3.05) is 5.75 Å². The van der Waals surface area contributed by atoms with Crippen LogP contribution in [0.15, 0.2) is 41.7 Å². The Morgan fingerprint density at radius 1 is 0.769 bits per heavy atom. The molecule has 274 valence electrons. The molecule has 3 N–H and O–H groups in total. The second-order valence-electron chi connectivity index (χ2n) is 11.2. The number of terminal acetylenes is 2. The molecule has 1 heterocycles. The molecule has 2 fully saturated rings. The van der Waals surface area contributed by atoms with Crippen LogP contribution in [0.3, 0.4) is 0 Å². The molecule has 3 aliphatic rings. The Balaban J connectivity index is -0.0000000779. The van der Waals surface area contributed by atoms with Crippen LogP contribution in [0, 0.1) is 148 Å². The van der Waals surface area contributed by atoms with Gasteiger partial charge in [-0.05, 0) is 173 Å². The topological polar surface area (TPSA) is 112 Å². The first-order chi connectivity index (χ1) is 25.1. The highest BCUT2D eigenvalue weighted by Crippen LogP contribution is 2.55. The molecule has 6 nitrogen and oxygen atoms in total. The third-order valence-corrected chi connectivity index (χ3v) is 9.16. The summed E-state index contributed by atoms with van der Waals surface area (Å²) < 4.78 is 0. The molecule has 52 heavy (non-hydrogen) atoms. The van der Waals surface area contributed by atoms with Crippen molar-refractivity contribution in [2.24, 2.45) is 17.1 Å². The molecule has 0 bridgehead atoms. The van der Waals surface area contributed by atoms with Crippen molar-refractivity contribution in [1.82, 2.24) is 9.97 Å². The quantitative estimate of drug-likeness (QED) is 0.107. The first kappa shape index (κ1) is 41.6. The van der Waals surface area contributed by atoms with Crippen LogP contribution in [0.1, 0.15) is 84.4 Å². The summed E-state index contributed by atoms with van der Waals surface area (Å²) in [5.74, 6) is 50.9. The maximum Gasteiger partial charge on any atom is 0.114 e. The van der Waals surface area contributed by atoms with Crippen LogP contribution in [0.4, 0.5) is 0 Å². The zero-order chi connectivity index (χ0) is 36.4. The van der Waals surface area contributed by atoms with Gasteiger partial charge < -0.3 is 5.73 Å². The predicted molar refractivity (Wildman–Crippen MR) is 239 cm³/mol. The number of hydrogen-bond donors (Lipinski definition) is 2. The van der Waals surface area contributed by atoms with Gasteiger partial charge in [-0.15, -0.1) is 30.1 Å². The maximum atomic E-state index is 6.86. The van der Waals surface area contributed by atoms with E-state index in [1.807, 2.05) is 24.2 Å². The molecule has 1 spiro atoms. The average Bonchev–Trinajstić information content (AvgIpc) is 3.95. The number of nitrogens with one attached hydrogen (secondary N) is 1. The van der Waals surface area contributed by atoms with Gasteiger partial charge in [-0.1, -0.05) is 24.3 Å². The van der Waals surface area contributed by atoms with Crippen molar-refractivity contribution < 1.29 is 17.1 Å². The van der Waals surface area contributed by atoms with E-state index < -0.39 is 0 Å². The molecule has 1 aromatic carbocycles. The van der Waals surface area contributed by atoms with Crippen molar-refractivity contribution in [1.29, 1.82) is 5.53 Å². The van der Waals surface area contributed by atoms with E-state index in [0.717, 1.165) is 17.4 Å². The van der Waals surface area contributed by atoms with Crippen molar-refractivity contribution >= 4 is 25.3 Å². The lowest BCUT2D eigenvalue weighted by Gasteiger charge is -2.40. The smallest absolute Gasteiger partial charge is 0.114 e. The Morgan fingerprint density at radius 3 is 1.63 bits per heavy atom. The summed E-state index contributed by atoms with van der Waals surface area (Å²) in [5, 5.41) is 1.08. The van der Waals surface area contributed by atoms with E-state index in [-0.39, 0.29) is 42.1 Å². The zero-order valence-electron chi connectivity index (χ0n) is 28.3. The molecule has 1 aromatic heterocycles. The van der Waals surface area contributed by atoms with Gasteiger partial charge in [0.05, 0.1) is 11.9 Å². The third-order valence-electron chi connectivity index (χ3n) is 8.01. The number of thioether (sulfide) groups is 1. The van der Waals surface area contributed by atoms with Crippen LogP contribution in [0.5, 0.6) is 0 Å². The second kappa shape index (κ2) is 24.5. The lowest BCUT2D eigenvalue weighted by Crippen LogP contribution is -2.35. The predicted octanol–water partition coefficient (Wildman–Crippen LogP) is 9.10. The summed E-state index contributed by atoms with van der Waals surface area (Å²) >= 11 is 1.86. The van der Waals surface area contributed by atoms with Crippen molar-refractivity contribution in [3.05, 3.63) is 63.9 Å². The van der Waals surface area contributed by atoms with Gasteiger partial charge in [0.1, 0.15) is 5.03 Å². The molecule has 2 saturated carbocycles. The van der Waals surface area contributed by atoms with Gasteiger partial charge >= 0.3 is 0 Å². The van der Waals surface area contributed by atoms with Gasteiger partial charge in [-0.2, -0.15) is 13.5 Å². The van der Waals surface area contributed by atoms with E-state index in [2.05, 4.69) is 148 Å². The molecule has 0 amide bonds. The van der Waals surface area contributed by atoms with Crippen molar-refractivity contribution in [3.8, 4) is 131 Å². The summed E-state index contributed by atoms with van der Waals surface area (Å²) in [6, 6.07) is 8.96. The maximum absolute atomic E-state index is 6.86. The molecule has 1 atom stereocenters. The number of benzene rings is 1. The fourth-order valence-electron chi connectivity index (χ4n) is 5.47. The van der Waals surface area contributed by atoms with E-state index in [0.29, 0.717) is 5.92 Å². The minimum absolute atomic E-state index is 0. The van der Waals surface area contributed by atoms with Crippen molar-refractivity contribution in [2.45, 2.75) is 61.9 Å². The van der Waals surface area contributed by atoms with Crippen LogP contribution in [0.25, 0.3) is 10.4 Å². The van der Waals surface area contributed by atoms with Gasteiger partial charge in [0.2, 0.25) is 0 Å². The summed E-state index contributed by atoms with van der Waals surface area (Å²) in [7, 11) is 0. The van der Waals surface area contributed by atoms with Crippen LogP contribution in [0.2, 0.25) is 0 Å². The van der Waals surface area contributed by atoms with Gasteiger partial charge in [0.25, 0.3) is 0 Å². The highest BCUT2D eigenvalue weighted by molar-refractivity contribution is 7.99. The second-order valence-corrected chi connectivity index (χ2v) is 12.2. The summed E-state index contributed by atoms with van der Waals surface area (Å²) in [4.78, 5) is 11.2. The summed E-state index contributed by atoms with van der Waals surface area (Å²) in [6.45, 7) is 0. The van der Waals surface area contributed by atoms with Crippen LogP contribution < -0.4 is 5.73 Å². The molecule has 2 aromatic rings. The Hall–Kier alpha value is -6.57. The summed E-state index contributed by atoms with van der Waals surface area (Å²) in [5.41, 5.74) is 23.2. The van der Waals surface area contributed by atoms with E-state index in [9.17, 15) is 0 Å². The van der Waals surface area contributed by atoms with Gasteiger partial charge in [0, 0.05) is 64.7 Å². The van der Waals surface area contributed by atoms with Crippen LogP contribution >= 0.6 is 25.3 Å². The van der Waals surface area contributed by atoms with Gasteiger partial charge in [0.15, 0.2) is 0 Å². The standard InChI is InChI=1S/C22H27N3S.C22H2.HN3.H2S.12H2/c23-21-18-4-2-1-3-17(18)11-22(21)9-7-16(8-10-22)19-12-25-20(13-24-19)26-14-15-5-6-15;1-3-5-7-9-11-13-15-17-19-21-22-20-18-16-14-12-10-8-6-4-2;1-3-2;;;;;;;;;;;;;/h1-4,12-13,15-16,21H,5-11,14,23H2;1-2H;1H;1H2;12*1H/t16?,21-,22?;;;;;;;;;;;;;;;/m0.............../s1. The minimum Gasteiger partial charge on any atom is -0.323 e. The van der Waals surface area contributed by atoms with E-state index in [1.54, 1.807) is 4.91 Å². The van der Waals surface area contributed by atoms with Crippen LogP contribution in [-0.2, 0) is 6.42 Å². The molecule has 0 saturated heterocycles. The number of hydrogen-bond acceptors (Lipinski definition) is 5. The SMILES string of the molecule is C#CC#CC#CC#CC#CC#CC#CC#CC#CC#CC#C.N[C@H]1c2ccccc2CC12CCC(c1cnc(SCC3CC3)cn1)CC2.S.[HH].[HH].[HH].[HH].[HH].[HH].[HH].[HH].[HH].[HH].[HH].[HH].[N-]=[N+]=N. The first-order valence-electron chi connectivity index (χ1n) is 15.8. The van der Waals surface area contributed by atoms with Crippen molar-refractivity contribution in [3.63, 3.8) is 0 Å². The number of nitrogens with two attached hydrogens (primary N) is 1. The number of nitrogens with zero attached hydrogens (tertiary/aromatic N) is 4. The third kappa shape index (κ3) is 14.9. The normalized spacial score (nSPS) is 17.0. The van der Waals surface area contributed by atoms with Crippen LogP contribution in [-0.4, -0.2) is 15.7 Å². The molecule has 0 radical (unpaired) electrons. The molecular formula is C44H56N6S2. The lowest BCUT2D eigenvalue weighted by molar-refractivity contribution is 0.148. The fourth-order valence-corrected chi connectivity index (χ4v) is 6.46. The Bertz CT molecular complexity index is 2230. The average molecular weight is 733 g/mol. The molecule has 0 aliphatic heterocycles. The zero-order valence-corrected chi connectivity index (χ0v) is 30.1. The van der Waals surface area contributed by atoms with Gasteiger partial charge in [-0.3, -0.25) is 4.98 Å². The molecule has 3 aliphatic carbocycles. The Labute approximate surface area is 337 Å². The molecule has 5 rings (SSSR count). The monoisotopic (exact) mass is 732 g/mol. The number of aromatic nitrogens is 2.